The first-order valence-corrected chi connectivity index (χ1v) is 15.9. The van der Waals surface area contributed by atoms with Crippen LogP contribution in [0.25, 0.3) is 22.6 Å². The van der Waals surface area contributed by atoms with Crippen LogP contribution in [0.15, 0.2) is 39.9 Å². The second-order valence-electron chi connectivity index (χ2n) is 9.32. The number of hydroxylamine groups is 2. The molecule has 2 N–H and O–H groups in total. The summed E-state index contributed by atoms with van der Waals surface area (Å²) in [4.78, 5) is 44.1. The highest BCUT2D eigenvalue weighted by Crippen LogP contribution is 2.33. The third kappa shape index (κ3) is 8.32. The molecule has 42 heavy (non-hydrogen) atoms. The average molecular weight is 645 g/mol. The number of aryl methyl sites for hydroxylation is 1. The molecule has 0 bridgehead atoms. The van der Waals surface area contributed by atoms with Gasteiger partial charge in [-0.1, -0.05) is 11.6 Å². The molecule has 17 heteroatoms. The van der Waals surface area contributed by atoms with Crippen molar-refractivity contribution >= 4 is 61.7 Å². The predicted octanol–water partition coefficient (Wildman–Crippen LogP) is 2.84. The molecule has 3 heterocycles. The summed E-state index contributed by atoms with van der Waals surface area (Å²) in [5.74, 6) is -2.02. The van der Waals surface area contributed by atoms with Gasteiger partial charge in [-0.05, 0) is 25.3 Å². The number of unbranched alkanes of at least 4 members (excludes halogenated alkanes) is 2. The molecule has 1 fully saturated rings. The summed E-state index contributed by atoms with van der Waals surface area (Å²) >= 11 is 4.06. The van der Waals surface area contributed by atoms with Crippen LogP contribution in [0.5, 0.6) is 5.75 Å². The van der Waals surface area contributed by atoms with Crippen LogP contribution in [0.3, 0.4) is 0 Å². The fourth-order valence-electron chi connectivity index (χ4n) is 4.09. The third-order valence-corrected chi connectivity index (χ3v) is 7.94. The summed E-state index contributed by atoms with van der Waals surface area (Å²) in [6, 6.07) is 4.40. The van der Waals surface area contributed by atoms with E-state index in [1.807, 2.05) is 4.57 Å². The number of halogens is 1. The van der Waals surface area contributed by atoms with Gasteiger partial charge >= 0.3 is 5.97 Å². The molecule has 1 saturated heterocycles. The fraction of sp³-hybridized carbons (Fsp3) is 0.400. The number of nitrogens with zero attached hydrogens (tertiary/aromatic N) is 3. The number of hydrogen-bond donors (Lipinski definition) is 2. The quantitative estimate of drug-likeness (QED) is 0.0857. The van der Waals surface area contributed by atoms with Crippen molar-refractivity contribution in [2.75, 3.05) is 12.4 Å². The van der Waals surface area contributed by atoms with Crippen molar-refractivity contribution in [1.29, 1.82) is 0 Å². The van der Waals surface area contributed by atoms with Crippen molar-refractivity contribution in [2.45, 2.75) is 56.4 Å². The van der Waals surface area contributed by atoms with Crippen LogP contribution < -0.4 is 9.30 Å². The molecule has 0 spiro atoms. The maximum Gasteiger partial charge on any atom is 0.333 e. The molecule has 0 radical (unpaired) electrons. The summed E-state index contributed by atoms with van der Waals surface area (Å²) in [6.45, 7) is 0.460. The number of pyridine rings is 1. The van der Waals surface area contributed by atoms with Crippen LogP contribution >= 0.6 is 11.6 Å². The van der Waals surface area contributed by atoms with Gasteiger partial charge in [-0.3, -0.25) is 14.1 Å². The Balaban J connectivity index is 1.33. The van der Waals surface area contributed by atoms with E-state index in [1.54, 1.807) is 18.5 Å². The molecule has 1 atom stereocenters. The highest BCUT2D eigenvalue weighted by Gasteiger charge is 2.32. The normalized spacial score (nSPS) is 14.5. The molecule has 226 valence electrons. The smallest absolute Gasteiger partial charge is 0.333 e. The van der Waals surface area contributed by atoms with Crippen LogP contribution in [0.4, 0.5) is 0 Å². The lowest BCUT2D eigenvalue weighted by molar-refractivity contribution is -0.697. The molecule has 3 aromatic rings. The van der Waals surface area contributed by atoms with Crippen LogP contribution in [-0.4, -0.2) is 61.9 Å². The summed E-state index contributed by atoms with van der Waals surface area (Å²) in [5.41, 5.74) is 0.992. The predicted molar refractivity (Wildman–Crippen MR) is 146 cm³/mol. The van der Waals surface area contributed by atoms with Crippen molar-refractivity contribution in [2.24, 2.45) is 0 Å². The van der Waals surface area contributed by atoms with Gasteiger partial charge in [0.1, 0.15) is 27.7 Å². The van der Waals surface area contributed by atoms with E-state index in [-0.39, 0.29) is 59.9 Å². The lowest BCUT2D eigenvalue weighted by Crippen LogP contribution is -2.33. The zero-order valence-electron chi connectivity index (χ0n) is 22.1. The Labute approximate surface area is 247 Å². The lowest BCUT2D eigenvalue weighted by Gasteiger charge is -2.12. The van der Waals surface area contributed by atoms with E-state index in [2.05, 4.69) is 4.98 Å². The first-order chi connectivity index (χ1) is 19.9. The monoisotopic (exact) mass is 644 g/mol. The largest absolute Gasteiger partial charge is 0.492 e. The first-order valence-electron chi connectivity index (χ1n) is 12.8. The van der Waals surface area contributed by atoms with Crippen LogP contribution in [0.2, 0.25) is 5.02 Å². The van der Waals surface area contributed by atoms with Crippen LogP contribution in [-0.2, 0) is 47.0 Å². The van der Waals surface area contributed by atoms with E-state index in [0.29, 0.717) is 41.5 Å². The van der Waals surface area contributed by atoms with Gasteiger partial charge in [0.15, 0.2) is 29.1 Å². The van der Waals surface area contributed by atoms with Gasteiger partial charge < -0.3 is 18.5 Å². The maximum absolute atomic E-state index is 11.9. The summed E-state index contributed by atoms with van der Waals surface area (Å²) < 4.78 is 65.3. The number of carbonyl (C=O) groups is 3. The Kier molecular flexibility index (Phi) is 10.3. The highest BCUT2D eigenvalue weighted by molar-refractivity contribution is 7.85. The Morgan fingerprint density at radius 3 is 2.57 bits per heavy atom. The number of fused-ring (bicyclic) bond motifs is 1. The minimum atomic E-state index is -4.16. The molecule has 1 aliphatic heterocycles. The van der Waals surface area contributed by atoms with Crippen molar-refractivity contribution in [1.82, 2.24) is 10.0 Å². The van der Waals surface area contributed by atoms with Gasteiger partial charge in [-0.15, -0.1) is 5.06 Å². The van der Waals surface area contributed by atoms with Gasteiger partial charge in [-0.2, -0.15) is 8.42 Å². The minimum absolute atomic E-state index is 0.00431. The van der Waals surface area contributed by atoms with Gasteiger partial charge in [0.25, 0.3) is 21.9 Å². The lowest BCUT2D eigenvalue weighted by atomic mass is 10.2. The van der Waals surface area contributed by atoms with E-state index < -0.39 is 44.7 Å². The number of benzene rings is 1. The van der Waals surface area contributed by atoms with Crippen molar-refractivity contribution in [3.8, 4) is 17.2 Å². The number of rotatable bonds is 14. The van der Waals surface area contributed by atoms with Crippen molar-refractivity contribution in [3.63, 3.8) is 0 Å². The second-order valence-corrected chi connectivity index (χ2v) is 12.2. The molecular formula is C25H27ClN3O11S2+. The average Bonchev–Trinajstić information content (AvgIpc) is 3.47. The standard InChI is InChI=1S/C25H26ClN3O11S2/c26-17-15-28(9-3-1-2-5-24(32)40-29-22(30)6-7-23(29)31)10-8-16(17)25-27-18-13-21(41(33)34)20(14-19(18)39-25)38-11-4-12-42(35,36)37/h8,10,13-15H,1-7,9,11-12H2,(H-,33,34,35,36,37)/p+1. The van der Waals surface area contributed by atoms with Crippen LogP contribution in [0.1, 0.15) is 44.9 Å². The van der Waals surface area contributed by atoms with E-state index >= 15 is 0 Å². The molecule has 2 aromatic heterocycles. The van der Waals surface area contributed by atoms with Gasteiger partial charge in [-0.25, -0.2) is 18.6 Å². The number of carbonyl (C=O) groups excluding carboxylic acids is 3. The van der Waals surface area contributed by atoms with E-state index in [1.165, 1.54) is 12.1 Å². The Bertz CT molecular complexity index is 1630. The van der Waals surface area contributed by atoms with E-state index in [9.17, 15) is 31.6 Å². The maximum atomic E-state index is 11.9. The number of ether oxygens (including phenoxy) is 1. The highest BCUT2D eigenvalue weighted by atomic mass is 35.5. The molecule has 0 aliphatic carbocycles. The van der Waals surface area contributed by atoms with Gasteiger partial charge in [0, 0.05) is 37.8 Å². The number of oxazole rings is 1. The van der Waals surface area contributed by atoms with Crippen molar-refractivity contribution in [3.05, 3.63) is 35.6 Å². The molecule has 1 unspecified atom stereocenters. The minimum Gasteiger partial charge on any atom is -0.492 e. The molecule has 14 nitrogen and oxygen atoms in total. The van der Waals surface area contributed by atoms with Crippen LogP contribution in [0, 0.1) is 0 Å². The Morgan fingerprint density at radius 1 is 1.17 bits per heavy atom. The topological polar surface area (TPSA) is 194 Å². The molecule has 1 aromatic carbocycles. The number of hydrogen-bond acceptors (Lipinski definition) is 10. The third-order valence-electron chi connectivity index (χ3n) is 6.14. The van der Waals surface area contributed by atoms with E-state index in [0.717, 1.165) is 0 Å². The van der Waals surface area contributed by atoms with Gasteiger partial charge in [0.2, 0.25) is 5.89 Å². The SMILES string of the molecule is O=C(CCCCC[n+]1ccc(-c2nc3cc(S(=O)O)c(OCCCS(=O)(=O)O)cc3o2)c(Cl)c1)ON1C(=O)CCC1=O. The molecule has 2 amide bonds. The summed E-state index contributed by atoms with van der Waals surface area (Å²) in [5, 5.41) is 0.870. The summed E-state index contributed by atoms with van der Waals surface area (Å²) in [7, 11) is -4.16. The van der Waals surface area contributed by atoms with E-state index in [4.69, 9.17) is 30.1 Å². The number of imide groups is 1. The Morgan fingerprint density at radius 2 is 1.90 bits per heavy atom. The molecular weight excluding hydrogens is 618 g/mol. The molecule has 1 aliphatic rings. The zero-order chi connectivity index (χ0) is 30.4. The van der Waals surface area contributed by atoms with Crippen molar-refractivity contribution < 1.29 is 54.7 Å². The second kappa shape index (κ2) is 13.7. The number of aromatic nitrogens is 2. The fourth-order valence-corrected chi connectivity index (χ4v) is 5.34. The molecule has 0 saturated carbocycles. The van der Waals surface area contributed by atoms with Gasteiger partial charge in [0.05, 0.1) is 17.9 Å². The Hall–Kier alpha value is -3.44. The first kappa shape index (κ1) is 31.5. The zero-order valence-corrected chi connectivity index (χ0v) is 24.5. The molecule has 4 rings (SSSR count). The number of amides is 2. The summed E-state index contributed by atoms with van der Waals surface area (Å²) in [6.07, 6.45) is 5.49.